The van der Waals surface area contributed by atoms with Gasteiger partial charge in [0, 0.05) is 59.0 Å². The topological polar surface area (TPSA) is 232 Å². The number of likely N-dealkylation sites (tertiary alicyclic amines) is 1. The van der Waals surface area contributed by atoms with Crippen molar-refractivity contribution in [3.05, 3.63) is 106 Å². The van der Waals surface area contributed by atoms with Gasteiger partial charge in [-0.15, -0.1) is 11.3 Å². The lowest BCUT2D eigenvalue weighted by atomic mass is 9.79. The van der Waals surface area contributed by atoms with Crippen LogP contribution >= 0.6 is 11.3 Å². The number of anilines is 3. The standard InChI is InChI=1S/C51H53FN6O11S2/c1-50(2)24-33(53-32-11-6-9-30(23-32)44-42(52)43(69-26-40(60)61)45(70-44)48(64)65)25-51(3,4)58(50)71(67,68)27-28-8-5-10-31(22-28)54-49(66)56-20-18-29(19-21-56)34-14-15-37-41-35(34)12-7-13-36(41)47(63)57(37)38-16-17-39(59)55-46(38)62/h5-15,22-23,29,33,38,53H,16-21,24-27H2,1-4H3,(H,54,66)(H,60,61)(H,64,65)(H,55,59,62). The molecule has 9 rings (SSSR count). The minimum Gasteiger partial charge on any atom is -0.479 e. The number of nitrogens with zero attached hydrogens (tertiary/aromatic N) is 3. The first-order valence-electron chi connectivity index (χ1n) is 23.3. The lowest BCUT2D eigenvalue weighted by Gasteiger charge is -2.54. The van der Waals surface area contributed by atoms with Crippen LogP contribution in [-0.4, -0.2) is 106 Å². The minimum absolute atomic E-state index is 0.0349. The zero-order valence-corrected chi connectivity index (χ0v) is 41.0. The van der Waals surface area contributed by atoms with E-state index in [4.69, 9.17) is 9.84 Å². The van der Waals surface area contributed by atoms with Crippen molar-refractivity contribution in [1.29, 1.82) is 0 Å². The number of carbonyl (C=O) groups excluding carboxylic acids is 4. The number of thiophene rings is 1. The van der Waals surface area contributed by atoms with E-state index in [2.05, 4.69) is 16.0 Å². The normalized spacial score (nSPS) is 19.5. The second-order valence-corrected chi connectivity index (χ2v) is 22.6. The van der Waals surface area contributed by atoms with Gasteiger partial charge in [0.1, 0.15) is 6.04 Å². The highest BCUT2D eigenvalue weighted by Gasteiger charge is 2.51. The minimum atomic E-state index is -3.95. The van der Waals surface area contributed by atoms with Crippen molar-refractivity contribution in [3.63, 3.8) is 0 Å². The molecule has 372 valence electrons. The number of imide groups is 1. The van der Waals surface area contributed by atoms with E-state index in [1.165, 1.54) is 4.90 Å². The summed E-state index contributed by atoms with van der Waals surface area (Å²) >= 11 is 0.634. The molecule has 1 unspecified atom stereocenters. The number of hydrogen-bond donors (Lipinski definition) is 5. The average Bonchev–Trinajstić information content (AvgIpc) is 3.78. The summed E-state index contributed by atoms with van der Waals surface area (Å²) < 4.78 is 51.1. The predicted molar refractivity (Wildman–Crippen MR) is 265 cm³/mol. The van der Waals surface area contributed by atoms with Crippen LogP contribution in [0.25, 0.3) is 21.2 Å². The summed E-state index contributed by atoms with van der Waals surface area (Å²) in [7, 11) is -3.95. The molecular formula is C51H53FN6O11S2. The Bertz CT molecular complexity index is 3130. The van der Waals surface area contributed by atoms with Crippen molar-refractivity contribution in [2.24, 2.45) is 0 Å². The van der Waals surface area contributed by atoms with Gasteiger partial charge in [0.2, 0.25) is 21.8 Å². The van der Waals surface area contributed by atoms with Crippen LogP contribution in [-0.2, 0) is 30.2 Å². The molecule has 3 saturated heterocycles. The number of carbonyl (C=O) groups is 6. The summed E-state index contributed by atoms with van der Waals surface area (Å²) in [6.07, 6.45) is 2.54. The number of carboxylic acid groups (broad SMARTS) is 2. The van der Waals surface area contributed by atoms with Gasteiger partial charge in [-0.25, -0.2) is 27.2 Å². The summed E-state index contributed by atoms with van der Waals surface area (Å²) in [6.45, 7) is 7.48. The summed E-state index contributed by atoms with van der Waals surface area (Å²) in [5, 5.41) is 29.2. The maximum absolute atomic E-state index is 15.5. The van der Waals surface area contributed by atoms with Crippen LogP contribution in [0.5, 0.6) is 5.75 Å². The van der Waals surface area contributed by atoms with Crippen molar-refractivity contribution in [3.8, 4) is 16.2 Å². The summed E-state index contributed by atoms with van der Waals surface area (Å²) in [6, 6.07) is 21.7. The van der Waals surface area contributed by atoms with Crippen molar-refractivity contribution in [2.75, 3.05) is 35.2 Å². The molecule has 4 aliphatic rings. The molecule has 17 nitrogen and oxygen atoms in total. The molecule has 1 atom stereocenters. The van der Waals surface area contributed by atoms with Crippen molar-refractivity contribution >= 4 is 84.9 Å². The SMILES string of the molecule is CC1(C)CC(Nc2cccc(-c3sc(C(=O)O)c(OCC(=O)O)c3F)c2)CC(C)(C)N1S(=O)(=O)Cc1cccc(NC(=O)N2CCC(c3ccc4c5c(cccc35)C(=O)N4C3CCC(=O)NC3=O)CC2)c1. The van der Waals surface area contributed by atoms with Gasteiger partial charge in [-0.1, -0.05) is 42.5 Å². The zero-order valence-electron chi connectivity index (χ0n) is 39.4. The highest BCUT2D eigenvalue weighted by molar-refractivity contribution is 7.88. The van der Waals surface area contributed by atoms with Crippen LogP contribution in [0.1, 0.15) is 103 Å². The number of amides is 5. The van der Waals surface area contributed by atoms with Gasteiger partial charge >= 0.3 is 18.0 Å². The first-order chi connectivity index (χ1) is 33.6. The van der Waals surface area contributed by atoms with Crippen LogP contribution in [0.15, 0.2) is 78.9 Å². The highest BCUT2D eigenvalue weighted by Crippen LogP contribution is 2.46. The quantitative estimate of drug-likeness (QED) is 0.0706. The smallest absolute Gasteiger partial charge is 0.349 e. The Labute approximate surface area is 413 Å². The molecule has 0 bridgehead atoms. The number of benzene rings is 4. The Morgan fingerprint density at radius 3 is 2.27 bits per heavy atom. The van der Waals surface area contributed by atoms with Crippen molar-refractivity contribution in [2.45, 2.75) is 101 Å². The molecule has 71 heavy (non-hydrogen) atoms. The third kappa shape index (κ3) is 9.54. The number of hydrogen-bond acceptors (Lipinski definition) is 11. The van der Waals surface area contributed by atoms with E-state index < -0.39 is 68.0 Å². The second-order valence-electron chi connectivity index (χ2n) is 19.8. The van der Waals surface area contributed by atoms with E-state index in [0.717, 1.165) is 16.3 Å². The molecule has 1 aromatic heterocycles. The van der Waals surface area contributed by atoms with Gasteiger partial charge in [-0.05, 0) is 124 Å². The number of piperidine rings is 3. The number of urea groups is 1. The van der Waals surface area contributed by atoms with E-state index in [1.807, 2.05) is 52.0 Å². The molecule has 0 spiro atoms. The average molecular weight is 1010 g/mol. The zero-order chi connectivity index (χ0) is 50.7. The maximum atomic E-state index is 15.5. The van der Waals surface area contributed by atoms with E-state index >= 15 is 4.39 Å². The molecule has 4 aromatic carbocycles. The Morgan fingerprint density at radius 1 is 0.887 bits per heavy atom. The molecule has 20 heteroatoms. The fraction of sp³-hybridized carbons (Fsp3) is 0.373. The van der Waals surface area contributed by atoms with Gasteiger partial charge in [-0.2, -0.15) is 4.31 Å². The lowest BCUT2D eigenvalue weighted by molar-refractivity contribution is -0.139. The largest absolute Gasteiger partial charge is 0.479 e. The molecule has 0 aliphatic carbocycles. The van der Waals surface area contributed by atoms with Gasteiger partial charge < -0.3 is 30.5 Å². The molecule has 3 fully saturated rings. The number of carboxylic acids is 2. The number of halogens is 1. The Balaban J connectivity index is 0.828. The summed E-state index contributed by atoms with van der Waals surface area (Å²) in [4.78, 5) is 77.7. The molecule has 4 aliphatic heterocycles. The molecule has 0 saturated carbocycles. The molecule has 5 amide bonds. The van der Waals surface area contributed by atoms with Gasteiger partial charge in [0.05, 0.1) is 16.3 Å². The Hall–Kier alpha value is -6.90. The third-order valence-corrected chi connectivity index (χ3v) is 17.2. The van der Waals surface area contributed by atoms with Gasteiger partial charge in [-0.3, -0.25) is 24.6 Å². The van der Waals surface area contributed by atoms with Crippen LogP contribution in [0.3, 0.4) is 0 Å². The fourth-order valence-electron chi connectivity index (χ4n) is 11.3. The van der Waals surface area contributed by atoms with E-state index in [0.29, 0.717) is 83.9 Å². The Kier molecular flexibility index (Phi) is 12.9. The van der Waals surface area contributed by atoms with Crippen LogP contribution in [0, 0.1) is 5.82 Å². The summed E-state index contributed by atoms with van der Waals surface area (Å²) in [5.74, 6) is -5.78. The van der Waals surface area contributed by atoms with Crippen LogP contribution in [0.4, 0.5) is 26.2 Å². The van der Waals surface area contributed by atoms with Crippen molar-refractivity contribution in [1.82, 2.24) is 14.5 Å². The summed E-state index contributed by atoms with van der Waals surface area (Å²) in [5.41, 5.74) is 2.37. The van der Waals surface area contributed by atoms with Crippen molar-refractivity contribution < 1.29 is 56.5 Å². The number of aliphatic carboxylic acids is 1. The monoisotopic (exact) mass is 1010 g/mol. The second kappa shape index (κ2) is 18.7. The lowest BCUT2D eigenvalue weighted by Crippen LogP contribution is -2.64. The number of sulfonamides is 1. The molecule has 5 aromatic rings. The first kappa shape index (κ1) is 49.1. The maximum Gasteiger partial charge on any atom is 0.349 e. The highest BCUT2D eigenvalue weighted by atomic mass is 32.2. The van der Waals surface area contributed by atoms with Crippen LogP contribution < -0.4 is 25.6 Å². The molecule has 0 radical (unpaired) electrons. The van der Waals surface area contributed by atoms with E-state index in [-0.39, 0.29) is 53.3 Å². The Morgan fingerprint density at radius 2 is 1.58 bits per heavy atom. The first-order valence-corrected chi connectivity index (χ1v) is 25.7. The van der Waals surface area contributed by atoms with Crippen LogP contribution in [0.2, 0.25) is 0 Å². The number of ether oxygens (including phenoxy) is 1. The van der Waals surface area contributed by atoms with Gasteiger partial charge in [0.25, 0.3) is 5.91 Å². The van der Waals surface area contributed by atoms with E-state index in [1.54, 1.807) is 63.8 Å². The fourth-order valence-corrected chi connectivity index (χ4v) is 14.7. The third-order valence-electron chi connectivity index (χ3n) is 13.7. The number of aromatic carboxylic acids is 1. The predicted octanol–water partition coefficient (Wildman–Crippen LogP) is 8.01. The van der Waals surface area contributed by atoms with E-state index in [9.17, 15) is 42.3 Å². The number of rotatable bonds is 13. The van der Waals surface area contributed by atoms with Gasteiger partial charge in [0.15, 0.2) is 23.1 Å². The number of nitrogens with one attached hydrogen (secondary N) is 3. The molecular weight excluding hydrogens is 956 g/mol. The molecule has 5 N–H and O–H groups in total. The molecule has 5 heterocycles.